The van der Waals surface area contributed by atoms with Crippen molar-refractivity contribution in [2.45, 2.75) is 52.5 Å². The van der Waals surface area contributed by atoms with Gasteiger partial charge >= 0.3 is 5.63 Å². The van der Waals surface area contributed by atoms with Crippen LogP contribution in [-0.2, 0) is 16.0 Å². The van der Waals surface area contributed by atoms with Gasteiger partial charge in [-0.25, -0.2) is 4.79 Å². The lowest BCUT2D eigenvalue weighted by Gasteiger charge is -2.19. The first-order valence-electron chi connectivity index (χ1n) is 9.06. The number of rotatable bonds is 9. The van der Waals surface area contributed by atoms with Gasteiger partial charge in [-0.05, 0) is 37.5 Å². The van der Waals surface area contributed by atoms with Crippen molar-refractivity contribution in [2.24, 2.45) is 0 Å². The molecule has 0 fully saturated rings. The number of carbonyl (C=O) groups is 2. The number of fused-ring (bicyclic) bond motifs is 1. The lowest BCUT2D eigenvalue weighted by atomic mass is 10.0. The maximum absolute atomic E-state index is 12.0. The summed E-state index contributed by atoms with van der Waals surface area (Å²) in [6.07, 6.45) is 2.54. The Morgan fingerprint density at radius 1 is 1.26 bits per heavy atom. The molecule has 0 spiro atoms. The van der Waals surface area contributed by atoms with Gasteiger partial charge in [0, 0.05) is 17.0 Å². The molecule has 2 rings (SSSR count). The molecule has 0 saturated heterocycles. The quantitative estimate of drug-likeness (QED) is 0.666. The van der Waals surface area contributed by atoms with E-state index in [2.05, 4.69) is 5.32 Å². The molecule has 7 nitrogen and oxygen atoms in total. The lowest BCUT2D eigenvalue weighted by molar-refractivity contribution is -0.308. The molecule has 1 aromatic heterocycles. The number of carboxylic acid groups (broad SMARTS) is 1. The highest BCUT2D eigenvalue weighted by Crippen LogP contribution is 2.28. The maximum Gasteiger partial charge on any atom is 0.336 e. The Hall–Kier alpha value is -2.83. The largest absolute Gasteiger partial charge is 0.548 e. The summed E-state index contributed by atoms with van der Waals surface area (Å²) in [6, 6.07) is 3.96. The highest BCUT2D eigenvalue weighted by Gasteiger charge is 2.15. The zero-order chi connectivity index (χ0) is 20.0. The summed E-state index contributed by atoms with van der Waals surface area (Å²) in [4.78, 5) is 34.8. The number of nitrogens with one attached hydrogen (secondary N) is 1. The van der Waals surface area contributed by atoms with Crippen molar-refractivity contribution in [3.05, 3.63) is 39.7 Å². The number of aliphatic carboxylic acids is 1. The second kappa shape index (κ2) is 9.21. The van der Waals surface area contributed by atoms with Gasteiger partial charge in [-0.15, -0.1) is 0 Å². The Morgan fingerprint density at radius 3 is 2.63 bits per heavy atom. The number of benzene rings is 1. The molecular formula is C20H24NO6-. The van der Waals surface area contributed by atoms with Crippen molar-refractivity contribution in [1.29, 1.82) is 0 Å². The minimum absolute atomic E-state index is 0.286. The fourth-order valence-electron chi connectivity index (χ4n) is 2.96. The summed E-state index contributed by atoms with van der Waals surface area (Å²) < 4.78 is 10.9. The fraction of sp³-hybridized carbons (Fsp3) is 0.450. The van der Waals surface area contributed by atoms with Crippen LogP contribution in [0.25, 0.3) is 11.0 Å². The van der Waals surface area contributed by atoms with Crippen molar-refractivity contribution in [1.82, 2.24) is 5.32 Å². The first-order valence-corrected chi connectivity index (χ1v) is 9.06. The summed E-state index contributed by atoms with van der Waals surface area (Å²) in [7, 11) is 0. The van der Waals surface area contributed by atoms with Gasteiger partial charge in [-0.1, -0.05) is 26.7 Å². The third kappa shape index (κ3) is 5.09. The maximum atomic E-state index is 12.0. The number of aryl methyl sites for hydroxylation is 2. The van der Waals surface area contributed by atoms with Gasteiger partial charge < -0.3 is 24.4 Å². The number of carboxylic acids is 1. The topological polar surface area (TPSA) is 109 Å². The van der Waals surface area contributed by atoms with E-state index in [1.807, 2.05) is 13.8 Å². The first-order chi connectivity index (χ1) is 12.9. The smallest absolute Gasteiger partial charge is 0.336 e. The average molecular weight is 374 g/mol. The van der Waals surface area contributed by atoms with E-state index in [1.165, 1.54) is 6.07 Å². The second-order valence-electron chi connectivity index (χ2n) is 6.42. The predicted molar refractivity (Wildman–Crippen MR) is 98.6 cm³/mol. The first kappa shape index (κ1) is 20.5. The minimum atomic E-state index is -1.32. The molecule has 0 aliphatic carbocycles. The predicted octanol–water partition coefficient (Wildman–Crippen LogP) is 1.47. The van der Waals surface area contributed by atoms with Gasteiger partial charge in [0.25, 0.3) is 5.91 Å². The van der Waals surface area contributed by atoms with Crippen LogP contribution in [0, 0.1) is 6.92 Å². The Balaban J connectivity index is 2.17. The number of carbonyl (C=O) groups excluding carboxylic acids is 2. The molecular weight excluding hydrogens is 350 g/mol. The third-order valence-electron chi connectivity index (χ3n) is 4.27. The van der Waals surface area contributed by atoms with Crippen molar-refractivity contribution < 1.29 is 23.8 Å². The standard InChI is InChI=1S/C20H25NO6/c1-4-6-13-10-18(23)27-19-12(3)16(9-8-14(13)19)26-11-17(22)21-15(7-5-2)20(24)25/h8-10,15H,4-7,11H2,1-3H3,(H,21,22)(H,24,25)/p-1/t15-/m0/s1. The van der Waals surface area contributed by atoms with E-state index in [0.29, 0.717) is 23.3 Å². The molecule has 0 saturated carbocycles. The second-order valence-corrected chi connectivity index (χ2v) is 6.42. The van der Waals surface area contributed by atoms with Crippen LogP contribution < -0.4 is 20.8 Å². The lowest BCUT2D eigenvalue weighted by Crippen LogP contribution is -2.49. The molecule has 27 heavy (non-hydrogen) atoms. The monoisotopic (exact) mass is 374 g/mol. The van der Waals surface area contributed by atoms with Crippen LogP contribution in [0.5, 0.6) is 5.75 Å². The van der Waals surface area contributed by atoms with Crippen molar-refractivity contribution >= 4 is 22.8 Å². The van der Waals surface area contributed by atoms with E-state index in [1.54, 1.807) is 19.1 Å². The number of hydrogen-bond acceptors (Lipinski definition) is 6. The summed E-state index contributed by atoms with van der Waals surface area (Å²) in [5, 5.41) is 14.2. The number of amides is 1. The van der Waals surface area contributed by atoms with E-state index in [-0.39, 0.29) is 13.0 Å². The van der Waals surface area contributed by atoms with E-state index >= 15 is 0 Å². The van der Waals surface area contributed by atoms with Gasteiger partial charge in [0.05, 0.1) is 12.0 Å². The Morgan fingerprint density at radius 2 is 2.00 bits per heavy atom. The molecule has 1 heterocycles. The Kier molecular flexibility index (Phi) is 6.98. The van der Waals surface area contributed by atoms with Crippen molar-refractivity contribution in [2.75, 3.05) is 6.61 Å². The van der Waals surface area contributed by atoms with E-state index < -0.39 is 23.5 Å². The van der Waals surface area contributed by atoms with E-state index in [9.17, 15) is 19.5 Å². The Bertz CT molecular complexity index is 886. The van der Waals surface area contributed by atoms with Crippen LogP contribution in [0.1, 0.15) is 44.2 Å². The van der Waals surface area contributed by atoms with Gasteiger partial charge in [0.2, 0.25) is 0 Å². The number of ether oxygens (including phenoxy) is 1. The zero-order valence-electron chi connectivity index (χ0n) is 15.8. The van der Waals surface area contributed by atoms with Crippen molar-refractivity contribution in [3.63, 3.8) is 0 Å². The highest BCUT2D eigenvalue weighted by atomic mass is 16.5. The third-order valence-corrected chi connectivity index (χ3v) is 4.27. The normalized spacial score (nSPS) is 12.0. The molecule has 1 amide bonds. The van der Waals surface area contributed by atoms with Crippen LogP contribution in [-0.4, -0.2) is 24.5 Å². The Labute approximate surface area is 157 Å². The summed E-state index contributed by atoms with van der Waals surface area (Å²) >= 11 is 0. The van der Waals surface area contributed by atoms with Crippen LogP contribution in [0.4, 0.5) is 0 Å². The molecule has 0 unspecified atom stereocenters. The van der Waals surface area contributed by atoms with Gasteiger partial charge in [0.1, 0.15) is 11.3 Å². The van der Waals surface area contributed by atoms with Crippen LogP contribution >= 0.6 is 0 Å². The molecule has 0 aliphatic heterocycles. The average Bonchev–Trinajstić information content (AvgIpc) is 2.61. The molecule has 2 aromatic rings. The molecule has 0 bridgehead atoms. The van der Waals surface area contributed by atoms with Gasteiger partial charge in [-0.2, -0.15) is 0 Å². The zero-order valence-corrected chi connectivity index (χ0v) is 15.8. The molecule has 146 valence electrons. The summed E-state index contributed by atoms with van der Waals surface area (Å²) in [5.74, 6) is -1.48. The molecule has 7 heteroatoms. The molecule has 0 aliphatic rings. The van der Waals surface area contributed by atoms with Crippen molar-refractivity contribution in [3.8, 4) is 5.75 Å². The van der Waals surface area contributed by atoms with E-state index in [4.69, 9.17) is 9.15 Å². The van der Waals surface area contributed by atoms with Crippen LogP contribution in [0.3, 0.4) is 0 Å². The molecule has 0 radical (unpaired) electrons. The molecule has 1 N–H and O–H groups in total. The van der Waals surface area contributed by atoms with Crippen LogP contribution in [0.15, 0.2) is 27.4 Å². The van der Waals surface area contributed by atoms with Gasteiger partial charge in [-0.3, -0.25) is 4.79 Å². The summed E-state index contributed by atoms with van der Waals surface area (Å²) in [5.41, 5.74) is 1.52. The highest BCUT2D eigenvalue weighted by molar-refractivity contribution is 5.86. The summed E-state index contributed by atoms with van der Waals surface area (Å²) in [6.45, 7) is 5.24. The van der Waals surface area contributed by atoms with E-state index in [0.717, 1.165) is 23.8 Å². The minimum Gasteiger partial charge on any atom is -0.548 e. The number of hydrogen-bond donors (Lipinski definition) is 1. The SMILES string of the molecule is CCCc1cc(=O)oc2c(C)c(OCC(=O)N[C@@H](CCC)C(=O)[O-])ccc12. The van der Waals surface area contributed by atoms with Gasteiger partial charge in [0.15, 0.2) is 6.61 Å². The van der Waals surface area contributed by atoms with Crippen LogP contribution in [0.2, 0.25) is 0 Å². The molecule has 1 atom stereocenters. The molecule has 1 aromatic carbocycles. The fourth-order valence-corrected chi connectivity index (χ4v) is 2.96.